The molecule has 2 aliphatic rings. The van der Waals surface area contributed by atoms with Crippen LogP contribution in [0.1, 0.15) is 17.0 Å². The molecule has 5 heteroatoms. The van der Waals surface area contributed by atoms with E-state index in [0.717, 1.165) is 16.3 Å². The van der Waals surface area contributed by atoms with E-state index in [4.69, 9.17) is 0 Å². The lowest BCUT2D eigenvalue weighted by molar-refractivity contribution is -0.0502. The van der Waals surface area contributed by atoms with E-state index in [1.54, 1.807) is 11.8 Å². The minimum absolute atomic E-state index is 0. The molecule has 1 unspecified atom stereocenters. The summed E-state index contributed by atoms with van der Waals surface area (Å²) in [4.78, 5) is 6.67. The van der Waals surface area contributed by atoms with Gasteiger partial charge in [0, 0.05) is 6.54 Å². The van der Waals surface area contributed by atoms with E-state index in [2.05, 4.69) is 46.3 Å². The van der Waals surface area contributed by atoms with E-state index < -0.39 is 5.72 Å². The summed E-state index contributed by atoms with van der Waals surface area (Å²) in [5.74, 6) is 0.500. The van der Waals surface area contributed by atoms with Crippen LogP contribution in [0, 0.1) is 0 Å². The van der Waals surface area contributed by atoms with Gasteiger partial charge in [0.1, 0.15) is 0 Å². The second-order valence-electron chi connectivity index (χ2n) is 6.13. The zero-order valence-corrected chi connectivity index (χ0v) is 16.3. The van der Waals surface area contributed by atoms with Crippen molar-refractivity contribution in [2.45, 2.75) is 11.6 Å². The van der Waals surface area contributed by atoms with Crippen LogP contribution in [0.15, 0.2) is 77.8 Å². The van der Waals surface area contributed by atoms with Crippen molar-refractivity contribution in [3.05, 3.63) is 83.9 Å². The Morgan fingerprint density at radius 2 is 1.56 bits per heavy atom. The van der Waals surface area contributed by atoms with E-state index in [9.17, 15) is 5.11 Å². The normalized spacial score (nSPS) is 22.2. The molecule has 2 aromatic rings. The summed E-state index contributed by atoms with van der Waals surface area (Å²) in [5, 5.41) is 12.7. The van der Waals surface area contributed by atoms with Crippen molar-refractivity contribution in [3.63, 3.8) is 0 Å². The summed E-state index contributed by atoms with van der Waals surface area (Å²) >= 11 is 1.65. The minimum atomic E-state index is -0.985. The van der Waals surface area contributed by atoms with Crippen LogP contribution in [-0.2, 0) is 0 Å². The van der Waals surface area contributed by atoms with Gasteiger partial charge in [-0.05, 0) is 11.1 Å². The van der Waals surface area contributed by atoms with Crippen LogP contribution in [0.2, 0.25) is 0 Å². The van der Waals surface area contributed by atoms with Gasteiger partial charge in [-0.1, -0.05) is 84.6 Å². The Morgan fingerprint density at radius 3 is 2.16 bits per heavy atom. The van der Waals surface area contributed by atoms with E-state index >= 15 is 0 Å². The topological polar surface area (TPSA) is 35.8 Å². The van der Waals surface area contributed by atoms with Gasteiger partial charge in [0.05, 0.1) is 18.2 Å². The van der Waals surface area contributed by atoms with Crippen molar-refractivity contribution >= 4 is 33.9 Å². The van der Waals surface area contributed by atoms with Crippen molar-refractivity contribution in [2.75, 3.05) is 18.8 Å². The van der Waals surface area contributed by atoms with Crippen LogP contribution < -0.4 is 0 Å². The molecule has 4 rings (SSSR count). The van der Waals surface area contributed by atoms with Crippen molar-refractivity contribution in [1.82, 2.24) is 4.90 Å². The Morgan fingerprint density at radius 1 is 0.960 bits per heavy atom. The van der Waals surface area contributed by atoms with Crippen molar-refractivity contribution < 1.29 is 5.11 Å². The van der Waals surface area contributed by atoms with Gasteiger partial charge in [-0.2, -0.15) is 0 Å². The Hall–Kier alpha value is -1.56. The summed E-state index contributed by atoms with van der Waals surface area (Å²) in [6.45, 7) is 1.38. The first-order valence-electron chi connectivity index (χ1n) is 8.21. The highest BCUT2D eigenvalue weighted by atomic mass is 79.9. The van der Waals surface area contributed by atoms with Gasteiger partial charge in [0.15, 0.2) is 10.9 Å². The smallest absolute Gasteiger partial charge is 0.162 e. The molecular formula is C20H21BrN2OS. The molecule has 1 atom stereocenters. The third kappa shape index (κ3) is 3.41. The molecule has 0 aromatic heterocycles. The van der Waals surface area contributed by atoms with Gasteiger partial charge in [-0.25, -0.2) is 0 Å². The van der Waals surface area contributed by atoms with Crippen molar-refractivity contribution in [3.8, 4) is 0 Å². The summed E-state index contributed by atoms with van der Waals surface area (Å²) in [5.41, 5.74) is 1.27. The first kappa shape index (κ1) is 18.2. The number of thioether (sulfide) groups is 1. The summed E-state index contributed by atoms with van der Waals surface area (Å²) in [6, 6.07) is 20.6. The highest BCUT2D eigenvalue weighted by Crippen LogP contribution is 2.44. The van der Waals surface area contributed by atoms with E-state index in [1.807, 2.05) is 36.4 Å². The van der Waals surface area contributed by atoms with Crippen molar-refractivity contribution in [1.29, 1.82) is 0 Å². The quantitative estimate of drug-likeness (QED) is 0.766. The highest BCUT2D eigenvalue weighted by molar-refractivity contribution is 8.93. The first-order valence-corrected chi connectivity index (χ1v) is 9.20. The number of amidine groups is 1. The van der Waals surface area contributed by atoms with Crippen LogP contribution in [0.25, 0.3) is 0 Å². The van der Waals surface area contributed by atoms with Crippen LogP contribution in [0.3, 0.4) is 0 Å². The molecule has 0 aliphatic carbocycles. The zero-order valence-electron chi connectivity index (χ0n) is 13.8. The average Bonchev–Trinajstić information content (AvgIpc) is 2.80. The maximum atomic E-state index is 11.8. The van der Waals surface area contributed by atoms with Gasteiger partial charge in [0.25, 0.3) is 0 Å². The fraction of sp³-hybridized carbons (Fsp3) is 0.250. The molecule has 0 bridgehead atoms. The first-order chi connectivity index (χ1) is 11.8. The number of fused-ring (bicyclic) bond motifs is 1. The molecule has 0 spiro atoms. The third-order valence-electron chi connectivity index (χ3n) is 4.63. The molecular weight excluding hydrogens is 396 g/mol. The summed E-state index contributed by atoms with van der Waals surface area (Å²) in [7, 11) is 0. The number of aliphatic imine (C=N–C) groups is 1. The lowest BCUT2D eigenvalue weighted by atomic mass is 9.82. The molecule has 3 nitrogen and oxygen atoms in total. The Balaban J connectivity index is 0.00000182. The maximum Gasteiger partial charge on any atom is 0.162 e. The van der Waals surface area contributed by atoms with Gasteiger partial charge in [-0.15, -0.1) is 17.0 Å². The second-order valence-corrected chi connectivity index (χ2v) is 7.07. The molecule has 2 heterocycles. The molecule has 25 heavy (non-hydrogen) atoms. The van der Waals surface area contributed by atoms with Gasteiger partial charge < -0.3 is 10.0 Å². The van der Waals surface area contributed by atoms with Crippen molar-refractivity contribution in [2.24, 2.45) is 4.99 Å². The highest BCUT2D eigenvalue weighted by Gasteiger charge is 2.49. The fourth-order valence-electron chi connectivity index (χ4n) is 3.50. The number of rotatable bonds is 3. The van der Waals surface area contributed by atoms with E-state index in [-0.39, 0.29) is 22.9 Å². The maximum absolute atomic E-state index is 11.8. The Kier molecular flexibility index (Phi) is 5.67. The molecule has 0 radical (unpaired) electrons. The lowest BCUT2D eigenvalue weighted by Gasteiger charge is -2.40. The Bertz CT molecular complexity index is 726. The van der Waals surface area contributed by atoms with E-state index in [0.29, 0.717) is 18.8 Å². The predicted octanol–water partition coefficient (Wildman–Crippen LogP) is 4.06. The molecule has 130 valence electrons. The van der Waals surface area contributed by atoms with Crippen LogP contribution in [-0.4, -0.2) is 39.7 Å². The largest absolute Gasteiger partial charge is 0.369 e. The summed E-state index contributed by atoms with van der Waals surface area (Å²) < 4.78 is 0. The predicted molar refractivity (Wildman–Crippen MR) is 111 cm³/mol. The number of hydrogen-bond donors (Lipinski definition) is 1. The van der Waals surface area contributed by atoms with Crippen LogP contribution in [0.5, 0.6) is 0 Å². The molecule has 0 saturated carbocycles. The zero-order chi connectivity index (χ0) is 16.4. The minimum Gasteiger partial charge on any atom is -0.369 e. The molecule has 1 N–H and O–H groups in total. The van der Waals surface area contributed by atoms with Gasteiger partial charge in [0.2, 0.25) is 0 Å². The number of hydrogen-bond acceptors (Lipinski definition) is 4. The average molecular weight is 417 g/mol. The monoisotopic (exact) mass is 416 g/mol. The van der Waals surface area contributed by atoms with Crippen LogP contribution in [0.4, 0.5) is 0 Å². The molecule has 2 aromatic carbocycles. The number of halogens is 1. The number of aliphatic hydroxyl groups is 1. The second kappa shape index (κ2) is 7.77. The Labute approximate surface area is 163 Å². The molecule has 1 fully saturated rings. The number of benzene rings is 2. The van der Waals surface area contributed by atoms with E-state index in [1.165, 1.54) is 0 Å². The standard InChI is InChI=1S/C20H20N2OS.BrH/c23-20(15-24-19-21-13-7-8-14-22(19)20)18(16-9-3-1-4-10-16)17-11-5-2-6-12-17;/h1-12,18,23H,13-15H2;1H. The molecule has 1 saturated heterocycles. The summed E-state index contributed by atoms with van der Waals surface area (Å²) in [6.07, 6.45) is 4.16. The fourth-order valence-corrected chi connectivity index (χ4v) is 4.72. The third-order valence-corrected chi connectivity index (χ3v) is 5.80. The number of nitrogens with zero attached hydrogens (tertiary/aromatic N) is 2. The molecule has 0 amide bonds. The van der Waals surface area contributed by atoms with Crippen LogP contribution >= 0.6 is 28.7 Å². The SMILES string of the molecule is Br.OC1(C(c2ccccc2)c2ccccc2)CSC2=NCC=CCN21. The lowest BCUT2D eigenvalue weighted by Crippen LogP contribution is -2.52. The van der Waals surface area contributed by atoms with Gasteiger partial charge in [-0.3, -0.25) is 4.99 Å². The van der Waals surface area contributed by atoms with Gasteiger partial charge >= 0.3 is 0 Å². The molecule has 2 aliphatic heterocycles.